The number of methoxy groups -OCH3 is 3. The molecule has 4 rings (SSSR count). The van der Waals surface area contributed by atoms with Gasteiger partial charge in [-0.1, -0.05) is 17.9 Å². The van der Waals surface area contributed by atoms with Crippen LogP contribution >= 0.6 is 0 Å². The fourth-order valence-electron chi connectivity index (χ4n) is 3.95. The average molecular weight is 339 g/mol. The second kappa shape index (κ2) is 5.99. The quantitative estimate of drug-likeness (QED) is 0.804. The van der Waals surface area contributed by atoms with E-state index in [1.807, 2.05) is 6.07 Å². The minimum Gasteiger partial charge on any atom is -0.870 e. The third-order valence-corrected chi connectivity index (χ3v) is 5.21. The van der Waals surface area contributed by atoms with E-state index in [2.05, 4.69) is 22.9 Å². The molecule has 2 aromatic rings. The molecule has 5 heteroatoms. The third kappa shape index (κ3) is 2.42. The summed E-state index contributed by atoms with van der Waals surface area (Å²) in [5, 5.41) is 12.0. The van der Waals surface area contributed by atoms with Crippen LogP contribution in [-0.4, -0.2) is 38.7 Å². The fourth-order valence-corrected chi connectivity index (χ4v) is 3.95. The van der Waals surface area contributed by atoms with Gasteiger partial charge in [-0.3, -0.25) is 0 Å². The fraction of sp³-hybridized carbons (Fsp3) is 0.350. The van der Waals surface area contributed by atoms with E-state index >= 15 is 0 Å². The first kappa shape index (κ1) is 15.8. The molecule has 0 fully saturated rings. The summed E-state index contributed by atoms with van der Waals surface area (Å²) in [6.45, 7) is 0.902. The summed E-state index contributed by atoms with van der Waals surface area (Å²) in [5.74, 6) is 1.89. The van der Waals surface area contributed by atoms with E-state index < -0.39 is 0 Å². The minimum absolute atomic E-state index is 0.0697. The van der Waals surface area contributed by atoms with Gasteiger partial charge in [0.2, 0.25) is 0 Å². The maximum atomic E-state index is 12.0. The highest BCUT2D eigenvalue weighted by Gasteiger charge is 2.36. The summed E-state index contributed by atoms with van der Waals surface area (Å²) in [4.78, 5) is 0. The van der Waals surface area contributed by atoms with Gasteiger partial charge in [-0.05, 0) is 23.3 Å². The van der Waals surface area contributed by atoms with Gasteiger partial charge in [0.25, 0.3) is 0 Å². The van der Waals surface area contributed by atoms with Gasteiger partial charge in [-0.15, -0.1) is 0 Å². The van der Waals surface area contributed by atoms with E-state index in [0.29, 0.717) is 5.75 Å². The molecule has 0 aromatic heterocycles. The summed E-state index contributed by atoms with van der Waals surface area (Å²) in [6.07, 6.45) is 3.84. The summed E-state index contributed by atoms with van der Waals surface area (Å²) >= 11 is 0. The van der Waals surface area contributed by atoms with Crippen LogP contribution in [0, 0.1) is 0 Å². The lowest BCUT2D eigenvalue weighted by Crippen LogP contribution is -2.33. The van der Waals surface area contributed by atoms with E-state index in [0.717, 1.165) is 42.0 Å². The Labute approximate surface area is 147 Å². The Balaban J connectivity index is 1.83. The van der Waals surface area contributed by atoms with Crippen molar-refractivity contribution in [3.63, 3.8) is 0 Å². The number of hydrogen-bond donors (Lipinski definition) is 0. The molecule has 2 heterocycles. The monoisotopic (exact) mass is 339 g/mol. The van der Waals surface area contributed by atoms with Crippen molar-refractivity contribution in [1.82, 2.24) is 0 Å². The Morgan fingerprint density at radius 1 is 1.00 bits per heavy atom. The number of nitrogens with zero attached hydrogens (tertiary/aromatic N) is 1. The van der Waals surface area contributed by atoms with Crippen molar-refractivity contribution in [1.29, 1.82) is 0 Å². The van der Waals surface area contributed by atoms with Crippen molar-refractivity contribution in [2.24, 2.45) is 0 Å². The van der Waals surface area contributed by atoms with Gasteiger partial charge >= 0.3 is 0 Å². The predicted octanol–water partition coefficient (Wildman–Crippen LogP) is 2.07. The normalized spacial score (nSPS) is 17.7. The standard InChI is InChI=1S/C20H21NO4/c1-23-18-9-13-6-7-21-11-15-12(4-5-17(22)20(15)25-3)8-16(21)14(13)10-19(18)24-2/h4-5,9-11,16H,6-8H2,1-3H3/t16-/m0/s1. The molecular weight excluding hydrogens is 318 g/mol. The van der Waals surface area contributed by atoms with E-state index in [4.69, 9.17) is 14.2 Å². The third-order valence-electron chi connectivity index (χ3n) is 5.21. The van der Waals surface area contributed by atoms with E-state index in [-0.39, 0.29) is 11.8 Å². The van der Waals surface area contributed by atoms with Gasteiger partial charge in [0.1, 0.15) is 12.3 Å². The zero-order valence-corrected chi connectivity index (χ0v) is 14.7. The molecule has 2 aromatic carbocycles. The largest absolute Gasteiger partial charge is 0.870 e. The first-order valence-electron chi connectivity index (χ1n) is 8.38. The Hall–Kier alpha value is -2.69. The molecule has 1 atom stereocenters. The maximum Gasteiger partial charge on any atom is 0.182 e. The van der Waals surface area contributed by atoms with E-state index in [1.165, 1.54) is 11.1 Å². The van der Waals surface area contributed by atoms with E-state index in [9.17, 15) is 5.11 Å². The molecule has 0 spiro atoms. The second-order valence-electron chi connectivity index (χ2n) is 6.41. The molecule has 25 heavy (non-hydrogen) atoms. The number of fused-ring (bicyclic) bond motifs is 4. The zero-order chi connectivity index (χ0) is 17.6. The molecule has 0 radical (unpaired) electrons. The topological polar surface area (TPSA) is 53.8 Å². The van der Waals surface area contributed by atoms with Crippen LogP contribution in [0.25, 0.3) is 0 Å². The Kier molecular flexibility index (Phi) is 3.79. The van der Waals surface area contributed by atoms with E-state index in [1.54, 1.807) is 27.4 Å². The van der Waals surface area contributed by atoms with Crippen molar-refractivity contribution >= 4 is 6.21 Å². The van der Waals surface area contributed by atoms with Gasteiger partial charge < -0.3 is 19.3 Å². The summed E-state index contributed by atoms with van der Waals surface area (Å²) in [5.41, 5.74) is 4.61. The summed E-state index contributed by atoms with van der Waals surface area (Å²) in [6, 6.07) is 7.92. The first-order valence-corrected chi connectivity index (χ1v) is 8.38. The number of benzene rings is 2. The number of hydrogen-bond acceptors (Lipinski definition) is 4. The Morgan fingerprint density at radius 2 is 1.76 bits per heavy atom. The van der Waals surface area contributed by atoms with Crippen LogP contribution in [0.2, 0.25) is 0 Å². The van der Waals surface area contributed by atoms with Crippen molar-refractivity contribution in [2.45, 2.75) is 18.9 Å². The lowest BCUT2D eigenvalue weighted by molar-refractivity contribution is -0.573. The maximum absolute atomic E-state index is 12.0. The van der Waals surface area contributed by atoms with Crippen molar-refractivity contribution < 1.29 is 23.9 Å². The van der Waals surface area contributed by atoms with Crippen LogP contribution in [0.15, 0.2) is 24.3 Å². The van der Waals surface area contributed by atoms with Crippen molar-refractivity contribution in [3.8, 4) is 23.0 Å². The first-order chi connectivity index (χ1) is 12.2. The van der Waals surface area contributed by atoms with Crippen LogP contribution in [-0.2, 0) is 12.8 Å². The zero-order valence-electron chi connectivity index (χ0n) is 14.7. The Bertz CT molecular complexity index is 872. The molecule has 2 aliphatic rings. The smallest absolute Gasteiger partial charge is 0.182 e. The van der Waals surface area contributed by atoms with Gasteiger partial charge in [0.05, 0.1) is 26.9 Å². The second-order valence-corrected chi connectivity index (χ2v) is 6.41. The van der Waals surface area contributed by atoms with Crippen molar-refractivity contribution in [2.75, 3.05) is 27.9 Å². The highest BCUT2D eigenvalue weighted by atomic mass is 16.5. The molecule has 0 N–H and O–H groups in total. The van der Waals surface area contributed by atoms with Gasteiger partial charge in [-0.2, -0.15) is 0 Å². The lowest BCUT2D eigenvalue weighted by Gasteiger charge is -2.29. The molecule has 5 nitrogen and oxygen atoms in total. The van der Waals surface area contributed by atoms with Crippen LogP contribution in [0.3, 0.4) is 0 Å². The van der Waals surface area contributed by atoms with Gasteiger partial charge in [0.15, 0.2) is 23.8 Å². The highest BCUT2D eigenvalue weighted by molar-refractivity contribution is 5.85. The molecular formula is C20H21NO4. The van der Waals surface area contributed by atoms with Crippen LogP contribution in [0.1, 0.15) is 28.3 Å². The van der Waals surface area contributed by atoms with Crippen molar-refractivity contribution in [3.05, 3.63) is 46.5 Å². The minimum atomic E-state index is -0.0697. The molecule has 0 bridgehead atoms. The van der Waals surface area contributed by atoms with Crippen LogP contribution in [0.5, 0.6) is 23.0 Å². The predicted molar refractivity (Wildman–Crippen MR) is 92.4 cm³/mol. The summed E-state index contributed by atoms with van der Waals surface area (Å²) in [7, 11) is 4.88. The molecule has 2 aliphatic heterocycles. The molecule has 0 unspecified atom stereocenters. The van der Waals surface area contributed by atoms with Crippen LogP contribution in [0.4, 0.5) is 0 Å². The lowest BCUT2D eigenvalue weighted by atomic mass is 9.85. The molecule has 0 saturated heterocycles. The summed E-state index contributed by atoms with van der Waals surface area (Å²) < 4.78 is 18.6. The van der Waals surface area contributed by atoms with Gasteiger partial charge in [-0.25, -0.2) is 4.58 Å². The molecule has 0 aliphatic carbocycles. The number of rotatable bonds is 3. The highest BCUT2D eigenvalue weighted by Crippen LogP contribution is 2.41. The molecule has 0 saturated carbocycles. The SMILES string of the molecule is COc1cc2c(cc1OC)[C@@H]1Cc3ccc([O-])c(OC)c3C=[N+]1CC2. The molecule has 0 amide bonds. The average Bonchev–Trinajstić information content (AvgIpc) is 2.65. The molecule has 130 valence electrons. The Morgan fingerprint density at radius 3 is 2.48 bits per heavy atom. The number of ether oxygens (including phenoxy) is 3. The van der Waals surface area contributed by atoms with Gasteiger partial charge in [0, 0.05) is 18.4 Å². The van der Waals surface area contributed by atoms with Crippen LogP contribution < -0.4 is 19.3 Å².